The molecule has 0 fully saturated rings. The molecule has 0 aliphatic carbocycles. The molecule has 37 heavy (non-hydrogen) atoms. The summed E-state index contributed by atoms with van der Waals surface area (Å²) in [5.41, 5.74) is 2.82. The maximum Gasteiger partial charge on any atom is 0.341 e. The van der Waals surface area contributed by atoms with E-state index < -0.39 is 5.97 Å². The van der Waals surface area contributed by atoms with Crippen molar-refractivity contribution in [1.82, 2.24) is 0 Å². The molecule has 1 atom stereocenters. The predicted molar refractivity (Wildman–Crippen MR) is 150 cm³/mol. The molecule has 6 heteroatoms. The zero-order chi connectivity index (χ0) is 26.6. The zero-order valence-corrected chi connectivity index (χ0v) is 22.2. The fourth-order valence-electron chi connectivity index (χ4n) is 3.62. The van der Waals surface area contributed by atoms with E-state index in [0.29, 0.717) is 5.75 Å². The molecule has 0 saturated heterocycles. The molecule has 1 N–H and O–H groups in total. The number of carbonyl (C=O) groups is 2. The molecule has 0 spiro atoms. The fourth-order valence-corrected chi connectivity index (χ4v) is 4.73. The summed E-state index contributed by atoms with van der Waals surface area (Å²) in [5.74, 6) is 1.51. The number of hydrogen-bond donors (Lipinski definition) is 1. The van der Waals surface area contributed by atoms with Gasteiger partial charge in [0, 0.05) is 16.2 Å². The molecular weight excluding hydrogens is 484 g/mol. The highest BCUT2D eigenvalue weighted by Gasteiger charge is 2.09. The molecule has 0 bridgehead atoms. The van der Waals surface area contributed by atoms with Crippen molar-refractivity contribution in [2.75, 3.05) is 12.4 Å². The van der Waals surface area contributed by atoms with Gasteiger partial charge >= 0.3 is 5.97 Å². The van der Waals surface area contributed by atoms with Crippen LogP contribution in [0.15, 0.2) is 89.8 Å². The van der Waals surface area contributed by atoms with Crippen molar-refractivity contribution >= 4 is 34.8 Å². The maximum absolute atomic E-state index is 10.6. The smallest absolute Gasteiger partial charge is 0.341 e. The zero-order valence-electron chi connectivity index (χ0n) is 21.3. The Hall–Kier alpha value is -3.77. The standard InChI is InChI=1S/C24H26O4S.C7H6O/c1-16-12-19-6-4-5-7-20(19)14-23(16)28-18(3)10-11-29-21-8-9-22(17(2)13-21)27-15-24(25)26;8-6-7-4-2-1-3-5-7/h4-9,12-14,18H,10-11,15H2,1-3H3,(H,25,26);1-6H. The number of aldehydes is 1. The van der Waals surface area contributed by atoms with Gasteiger partial charge in [0.25, 0.3) is 0 Å². The lowest BCUT2D eigenvalue weighted by atomic mass is 10.1. The molecule has 4 rings (SSSR count). The number of aryl methyl sites for hydroxylation is 2. The van der Waals surface area contributed by atoms with Crippen LogP contribution in [0.5, 0.6) is 11.5 Å². The van der Waals surface area contributed by atoms with Crippen LogP contribution in [-0.4, -0.2) is 35.8 Å². The summed E-state index contributed by atoms with van der Waals surface area (Å²) in [7, 11) is 0. The number of carbonyl (C=O) groups excluding carboxylic acids is 1. The van der Waals surface area contributed by atoms with E-state index in [0.717, 1.165) is 45.8 Å². The van der Waals surface area contributed by atoms with Crippen LogP contribution in [0.3, 0.4) is 0 Å². The Kier molecular flexibility index (Phi) is 10.6. The lowest BCUT2D eigenvalue weighted by Gasteiger charge is -2.17. The Morgan fingerprint density at radius 1 is 0.892 bits per heavy atom. The van der Waals surface area contributed by atoms with E-state index in [1.807, 2.05) is 49.4 Å². The van der Waals surface area contributed by atoms with Crippen LogP contribution >= 0.6 is 11.8 Å². The lowest BCUT2D eigenvalue weighted by Crippen LogP contribution is -2.13. The molecular formula is C31H32O5S. The number of fused-ring (bicyclic) bond motifs is 1. The van der Waals surface area contributed by atoms with Crippen molar-refractivity contribution in [3.05, 3.63) is 102 Å². The number of carboxylic acids is 1. The summed E-state index contributed by atoms with van der Waals surface area (Å²) in [6.45, 7) is 5.79. The molecule has 0 saturated carbocycles. The molecule has 0 aliphatic heterocycles. The molecule has 4 aromatic rings. The number of carboxylic acid groups (broad SMARTS) is 1. The van der Waals surface area contributed by atoms with Crippen LogP contribution in [0.2, 0.25) is 0 Å². The number of aliphatic carboxylic acids is 1. The first-order valence-corrected chi connectivity index (χ1v) is 13.1. The van der Waals surface area contributed by atoms with E-state index >= 15 is 0 Å². The highest BCUT2D eigenvalue weighted by molar-refractivity contribution is 7.99. The summed E-state index contributed by atoms with van der Waals surface area (Å²) in [5, 5.41) is 11.1. The summed E-state index contributed by atoms with van der Waals surface area (Å²) in [6, 6.07) is 27.5. The number of thioether (sulfide) groups is 1. The van der Waals surface area contributed by atoms with E-state index in [-0.39, 0.29) is 12.7 Å². The van der Waals surface area contributed by atoms with Gasteiger partial charge in [0.1, 0.15) is 17.8 Å². The maximum atomic E-state index is 10.6. The molecule has 0 radical (unpaired) electrons. The highest BCUT2D eigenvalue weighted by Crippen LogP contribution is 2.29. The fraction of sp³-hybridized carbons (Fsp3) is 0.226. The Bertz CT molecular complexity index is 1320. The van der Waals surface area contributed by atoms with Crippen LogP contribution in [0, 0.1) is 13.8 Å². The van der Waals surface area contributed by atoms with Gasteiger partial charge in [-0.2, -0.15) is 0 Å². The number of hydrogen-bond acceptors (Lipinski definition) is 5. The van der Waals surface area contributed by atoms with E-state index in [4.69, 9.17) is 14.6 Å². The van der Waals surface area contributed by atoms with Crippen molar-refractivity contribution in [2.24, 2.45) is 0 Å². The second-order valence-corrected chi connectivity index (χ2v) is 9.84. The third-order valence-corrected chi connectivity index (χ3v) is 6.62. The first-order valence-electron chi connectivity index (χ1n) is 12.1. The van der Waals surface area contributed by atoms with Crippen molar-refractivity contribution in [3.8, 4) is 11.5 Å². The van der Waals surface area contributed by atoms with E-state index in [1.54, 1.807) is 23.9 Å². The van der Waals surface area contributed by atoms with Gasteiger partial charge in [-0.25, -0.2) is 4.79 Å². The largest absolute Gasteiger partial charge is 0.490 e. The topological polar surface area (TPSA) is 72.8 Å². The van der Waals surface area contributed by atoms with Gasteiger partial charge in [-0.15, -0.1) is 11.8 Å². The SMILES string of the molecule is Cc1cc(SCCC(C)Oc2cc3ccccc3cc2C)ccc1OCC(=O)O.O=Cc1ccccc1. The first kappa shape index (κ1) is 27.8. The van der Waals surface area contributed by atoms with E-state index in [1.165, 1.54) is 10.8 Å². The first-order chi connectivity index (χ1) is 17.9. The van der Waals surface area contributed by atoms with Gasteiger partial charge in [-0.05, 0) is 79.4 Å². The lowest BCUT2D eigenvalue weighted by molar-refractivity contribution is -0.139. The Balaban J connectivity index is 0.000000405. The predicted octanol–water partition coefficient (Wildman–Crippen LogP) is 7.37. The quantitative estimate of drug-likeness (QED) is 0.175. The minimum Gasteiger partial charge on any atom is -0.490 e. The highest BCUT2D eigenvalue weighted by atomic mass is 32.2. The molecule has 5 nitrogen and oxygen atoms in total. The molecule has 192 valence electrons. The normalized spacial score (nSPS) is 11.2. The average molecular weight is 517 g/mol. The van der Waals surface area contributed by atoms with Gasteiger partial charge in [0.05, 0.1) is 6.10 Å². The van der Waals surface area contributed by atoms with E-state index in [9.17, 15) is 9.59 Å². The van der Waals surface area contributed by atoms with E-state index in [2.05, 4.69) is 44.2 Å². The minimum absolute atomic E-state index is 0.113. The van der Waals surface area contributed by atoms with Gasteiger partial charge in [-0.3, -0.25) is 4.79 Å². The minimum atomic E-state index is -0.974. The summed E-state index contributed by atoms with van der Waals surface area (Å²) in [6.07, 6.45) is 1.87. The average Bonchev–Trinajstić information content (AvgIpc) is 2.89. The summed E-state index contributed by atoms with van der Waals surface area (Å²) in [4.78, 5) is 21.8. The van der Waals surface area contributed by atoms with Crippen molar-refractivity contribution in [2.45, 2.75) is 38.2 Å². The van der Waals surface area contributed by atoms with Crippen molar-refractivity contribution in [3.63, 3.8) is 0 Å². The van der Waals surface area contributed by atoms with Gasteiger partial charge in [0.2, 0.25) is 0 Å². The van der Waals surface area contributed by atoms with Gasteiger partial charge in [0.15, 0.2) is 6.61 Å². The molecule has 4 aromatic carbocycles. The number of benzene rings is 4. The Morgan fingerprint density at radius 2 is 1.54 bits per heavy atom. The summed E-state index contributed by atoms with van der Waals surface area (Å²) >= 11 is 1.76. The third kappa shape index (κ3) is 8.99. The summed E-state index contributed by atoms with van der Waals surface area (Å²) < 4.78 is 11.5. The monoisotopic (exact) mass is 516 g/mol. The second-order valence-electron chi connectivity index (χ2n) is 8.67. The van der Waals surface area contributed by atoms with Crippen LogP contribution in [-0.2, 0) is 4.79 Å². The van der Waals surface area contributed by atoms with Crippen LogP contribution in [0.4, 0.5) is 0 Å². The Morgan fingerprint density at radius 3 is 2.16 bits per heavy atom. The molecule has 0 aromatic heterocycles. The van der Waals surface area contributed by atoms with Gasteiger partial charge < -0.3 is 14.6 Å². The van der Waals surface area contributed by atoms with Crippen LogP contribution < -0.4 is 9.47 Å². The number of rotatable bonds is 10. The molecule has 1 unspecified atom stereocenters. The Labute approximate surface area is 222 Å². The molecule has 0 amide bonds. The number of ether oxygens (including phenoxy) is 2. The van der Waals surface area contributed by atoms with Crippen molar-refractivity contribution < 1.29 is 24.2 Å². The molecule has 0 aliphatic rings. The van der Waals surface area contributed by atoms with Crippen LogP contribution in [0.25, 0.3) is 10.8 Å². The third-order valence-electron chi connectivity index (χ3n) is 5.60. The van der Waals surface area contributed by atoms with Crippen molar-refractivity contribution in [1.29, 1.82) is 0 Å². The van der Waals surface area contributed by atoms with Gasteiger partial charge in [-0.1, -0.05) is 54.6 Å². The van der Waals surface area contributed by atoms with Crippen LogP contribution in [0.1, 0.15) is 34.8 Å². The molecule has 0 heterocycles. The second kappa shape index (κ2) is 14.1.